The van der Waals surface area contributed by atoms with E-state index in [1.807, 2.05) is 0 Å². The van der Waals surface area contributed by atoms with Crippen LogP contribution in [0.1, 0.15) is 22.7 Å². The third-order valence-corrected chi connectivity index (χ3v) is 5.17. The van der Waals surface area contributed by atoms with Crippen LogP contribution in [-0.4, -0.2) is 14.7 Å². The summed E-state index contributed by atoms with van der Waals surface area (Å²) in [7, 11) is -3.12. The Balaban J connectivity index is 2.12. The summed E-state index contributed by atoms with van der Waals surface area (Å²) in [5.41, 5.74) is 0.922. The van der Waals surface area contributed by atoms with Crippen molar-refractivity contribution in [2.45, 2.75) is 24.8 Å². The fourth-order valence-electron chi connectivity index (χ4n) is 1.81. The normalized spacial score (nSPS) is 13.2. The first kappa shape index (κ1) is 14.1. The largest absolute Gasteiger partial charge is 0.378 e. The average molecular weight is 295 g/mol. The molecule has 1 atom stereocenters. The van der Waals surface area contributed by atoms with Crippen molar-refractivity contribution in [3.05, 3.63) is 46.2 Å². The molecule has 102 valence electrons. The standard InChI is InChI=1S/C14H17NO2S2/c1-10-4-9-14(18-10)11(2)15-12-5-7-13(8-6-12)19(3,16)17/h4-9,11,15H,1-3H3. The number of hydrogen-bond acceptors (Lipinski definition) is 4. The molecule has 2 rings (SSSR count). The summed E-state index contributed by atoms with van der Waals surface area (Å²) >= 11 is 1.76. The smallest absolute Gasteiger partial charge is 0.175 e. The van der Waals surface area contributed by atoms with Crippen molar-refractivity contribution in [2.24, 2.45) is 0 Å². The molecule has 0 radical (unpaired) electrons. The SMILES string of the molecule is Cc1ccc(C(C)Nc2ccc(S(C)(=O)=O)cc2)s1. The molecule has 0 saturated heterocycles. The van der Waals surface area contributed by atoms with E-state index < -0.39 is 9.84 Å². The molecule has 0 aliphatic carbocycles. The van der Waals surface area contributed by atoms with E-state index in [0.717, 1.165) is 5.69 Å². The molecule has 0 bridgehead atoms. The van der Waals surface area contributed by atoms with Gasteiger partial charge in [-0.15, -0.1) is 11.3 Å². The fraction of sp³-hybridized carbons (Fsp3) is 0.286. The summed E-state index contributed by atoms with van der Waals surface area (Å²) in [6.07, 6.45) is 1.21. The Hall–Kier alpha value is -1.33. The highest BCUT2D eigenvalue weighted by Crippen LogP contribution is 2.26. The predicted molar refractivity (Wildman–Crippen MR) is 80.6 cm³/mol. The molecule has 0 amide bonds. The van der Waals surface area contributed by atoms with Crippen LogP contribution in [0.2, 0.25) is 0 Å². The van der Waals surface area contributed by atoms with Gasteiger partial charge in [0.1, 0.15) is 0 Å². The van der Waals surface area contributed by atoms with Crippen LogP contribution in [0.5, 0.6) is 0 Å². The van der Waals surface area contributed by atoms with E-state index in [4.69, 9.17) is 0 Å². The maximum absolute atomic E-state index is 11.4. The molecule has 19 heavy (non-hydrogen) atoms. The maximum Gasteiger partial charge on any atom is 0.175 e. The first-order valence-electron chi connectivity index (χ1n) is 5.99. The summed E-state index contributed by atoms with van der Waals surface area (Å²) in [5, 5.41) is 3.37. The third-order valence-electron chi connectivity index (χ3n) is 2.85. The van der Waals surface area contributed by atoms with E-state index in [0.29, 0.717) is 4.90 Å². The van der Waals surface area contributed by atoms with Gasteiger partial charge in [0.25, 0.3) is 0 Å². The quantitative estimate of drug-likeness (QED) is 0.937. The van der Waals surface area contributed by atoms with E-state index in [9.17, 15) is 8.42 Å². The summed E-state index contributed by atoms with van der Waals surface area (Å²) in [5.74, 6) is 0. The van der Waals surface area contributed by atoms with Crippen molar-refractivity contribution in [2.75, 3.05) is 11.6 Å². The molecule has 1 heterocycles. The molecule has 0 fully saturated rings. The number of nitrogens with one attached hydrogen (secondary N) is 1. The van der Waals surface area contributed by atoms with Crippen LogP contribution in [0.25, 0.3) is 0 Å². The van der Waals surface area contributed by atoms with E-state index in [2.05, 4.69) is 31.3 Å². The van der Waals surface area contributed by atoms with Gasteiger partial charge in [-0.05, 0) is 50.2 Å². The first-order valence-corrected chi connectivity index (χ1v) is 8.70. The Morgan fingerprint density at radius 2 is 1.74 bits per heavy atom. The van der Waals surface area contributed by atoms with Crippen LogP contribution in [0.3, 0.4) is 0 Å². The summed E-state index contributed by atoms with van der Waals surface area (Å²) < 4.78 is 22.7. The Kier molecular flexibility index (Phi) is 3.96. The lowest BCUT2D eigenvalue weighted by molar-refractivity contribution is 0.602. The first-order chi connectivity index (χ1) is 8.86. The van der Waals surface area contributed by atoms with Crippen LogP contribution in [0.15, 0.2) is 41.3 Å². The minimum absolute atomic E-state index is 0.211. The highest BCUT2D eigenvalue weighted by atomic mass is 32.2. The Labute approximate surface area is 118 Å². The number of thiophene rings is 1. The van der Waals surface area contributed by atoms with E-state index in [-0.39, 0.29) is 6.04 Å². The van der Waals surface area contributed by atoms with Gasteiger partial charge >= 0.3 is 0 Å². The zero-order chi connectivity index (χ0) is 14.0. The predicted octanol–water partition coefficient (Wildman–Crippen LogP) is 3.63. The number of hydrogen-bond donors (Lipinski definition) is 1. The number of rotatable bonds is 4. The lowest BCUT2D eigenvalue weighted by atomic mass is 10.2. The van der Waals surface area contributed by atoms with E-state index in [1.165, 1.54) is 16.0 Å². The van der Waals surface area contributed by atoms with E-state index >= 15 is 0 Å². The van der Waals surface area contributed by atoms with Gasteiger partial charge in [0.05, 0.1) is 10.9 Å². The van der Waals surface area contributed by atoms with Crippen molar-refractivity contribution in [1.82, 2.24) is 0 Å². The van der Waals surface area contributed by atoms with Crippen LogP contribution < -0.4 is 5.32 Å². The van der Waals surface area contributed by atoms with Gasteiger partial charge in [-0.2, -0.15) is 0 Å². The van der Waals surface area contributed by atoms with Crippen molar-refractivity contribution < 1.29 is 8.42 Å². The monoisotopic (exact) mass is 295 g/mol. The molecule has 1 aromatic carbocycles. The van der Waals surface area contributed by atoms with Crippen LogP contribution >= 0.6 is 11.3 Å². The number of sulfone groups is 1. The zero-order valence-electron chi connectivity index (χ0n) is 11.2. The molecule has 2 aromatic rings. The lowest BCUT2D eigenvalue weighted by Crippen LogP contribution is -2.05. The van der Waals surface area contributed by atoms with Crippen LogP contribution in [0, 0.1) is 6.92 Å². The molecule has 0 saturated carbocycles. The zero-order valence-corrected chi connectivity index (χ0v) is 12.8. The number of benzene rings is 1. The highest BCUT2D eigenvalue weighted by molar-refractivity contribution is 7.90. The molecule has 1 N–H and O–H groups in total. The van der Waals surface area contributed by atoms with Gasteiger partial charge in [-0.1, -0.05) is 0 Å². The molecular formula is C14H17NO2S2. The second-order valence-corrected chi connectivity index (χ2v) is 7.95. The van der Waals surface area contributed by atoms with Crippen molar-refractivity contribution >= 4 is 26.9 Å². The molecule has 5 heteroatoms. The summed E-state index contributed by atoms with van der Waals surface area (Å²) in [6, 6.07) is 11.3. The van der Waals surface area contributed by atoms with Gasteiger partial charge in [-0.3, -0.25) is 0 Å². The highest BCUT2D eigenvalue weighted by Gasteiger charge is 2.09. The van der Waals surface area contributed by atoms with Gasteiger partial charge < -0.3 is 5.32 Å². The van der Waals surface area contributed by atoms with Gasteiger partial charge in [0.2, 0.25) is 0 Å². The van der Waals surface area contributed by atoms with Crippen molar-refractivity contribution in [3.8, 4) is 0 Å². The van der Waals surface area contributed by atoms with Gasteiger partial charge in [-0.25, -0.2) is 8.42 Å². The molecule has 0 aliphatic heterocycles. The second-order valence-electron chi connectivity index (χ2n) is 4.61. The minimum atomic E-state index is -3.12. The topological polar surface area (TPSA) is 46.2 Å². The summed E-state index contributed by atoms with van der Waals surface area (Å²) in [4.78, 5) is 2.90. The van der Waals surface area contributed by atoms with Gasteiger partial charge in [0, 0.05) is 21.7 Å². The third kappa shape index (κ3) is 3.58. The Morgan fingerprint density at radius 1 is 1.11 bits per heavy atom. The van der Waals surface area contributed by atoms with Crippen LogP contribution in [0.4, 0.5) is 5.69 Å². The van der Waals surface area contributed by atoms with Gasteiger partial charge in [0.15, 0.2) is 9.84 Å². The molecular weight excluding hydrogens is 278 g/mol. The number of aryl methyl sites for hydroxylation is 1. The second kappa shape index (κ2) is 5.35. The molecule has 3 nitrogen and oxygen atoms in total. The maximum atomic E-state index is 11.4. The van der Waals surface area contributed by atoms with Crippen molar-refractivity contribution in [1.29, 1.82) is 0 Å². The number of anilines is 1. The van der Waals surface area contributed by atoms with Crippen molar-refractivity contribution in [3.63, 3.8) is 0 Å². The molecule has 0 spiro atoms. The molecule has 1 aromatic heterocycles. The Morgan fingerprint density at radius 3 is 2.21 bits per heavy atom. The van der Waals surface area contributed by atoms with E-state index in [1.54, 1.807) is 35.6 Å². The molecule has 1 unspecified atom stereocenters. The fourth-order valence-corrected chi connectivity index (χ4v) is 3.32. The van der Waals surface area contributed by atoms with Crippen LogP contribution in [-0.2, 0) is 9.84 Å². The molecule has 0 aliphatic rings. The Bertz CT molecular complexity index is 657. The lowest BCUT2D eigenvalue weighted by Gasteiger charge is -2.14. The average Bonchev–Trinajstić information content (AvgIpc) is 2.75. The summed E-state index contributed by atoms with van der Waals surface area (Å²) in [6.45, 7) is 4.18. The minimum Gasteiger partial charge on any atom is -0.378 e.